The molecule has 2 heterocycles. The van der Waals surface area contributed by atoms with Crippen molar-refractivity contribution in [3.05, 3.63) is 0 Å². The molecule has 2 heteroatoms. The Morgan fingerprint density at radius 1 is 0.433 bits per heavy atom. The molecule has 0 aromatic carbocycles. The SMILES string of the molecule is C[N+]1(CCCCCCCCCC[N+]2(C)CC3CCCCC3C2)CC2CCCCC2C1. The Morgan fingerprint density at radius 2 is 0.700 bits per heavy atom. The fourth-order valence-electron chi connectivity index (χ4n) is 8.36. The van der Waals surface area contributed by atoms with E-state index in [1.165, 1.54) is 151 Å². The normalized spacial score (nSPS) is 41.0. The van der Waals surface area contributed by atoms with Crippen molar-refractivity contribution in [1.82, 2.24) is 0 Å². The number of quaternary nitrogens is 2. The molecule has 4 aliphatic rings. The third-order valence-electron chi connectivity index (χ3n) is 9.98. The lowest BCUT2D eigenvalue weighted by atomic mass is 9.82. The summed E-state index contributed by atoms with van der Waals surface area (Å²) in [6.45, 7) is 8.94. The van der Waals surface area contributed by atoms with Crippen LogP contribution in [0.2, 0.25) is 0 Å². The second kappa shape index (κ2) is 10.7. The quantitative estimate of drug-likeness (QED) is 0.260. The van der Waals surface area contributed by atoms with Crippen molar-refractivity contribution in [1.29, 1.82) is 0 Å². The summed E-state index contributed by atoms with van der Waals surface area (Å²) in [5.74, 6) is 4.33. The molecule has 2 saturated heterocycles. The van der Waals surface area contributed by atoms with Crippen LogP contribution in [0.15, 0.2) is 0 Å². The van der Waals surface area contributed by atoms with Gasteiger partial charge in [0.1, 0.15) is 0 Å². The Kier molecular flexibility index (Phi) is 8.23. The number of unbranched alkanes of at least 4 members (excludes halogenated alkanes) is 7. The average molecular weight is 419 g/mol. The molecule has 0 spiro atoms. The maximum Gasteiger partial charge on any atom is 0.0818 e. The van der Waals surface area contributed by atoms with Gasteiger partial charge in [0, 0.05) is 23.7 Å². The van der Waals surface area contributed by atoms with Crippen molar-refractivity contribution in [2.24, 2.45) is 23.7 Å². The third-order valence-corrected chi connectivity index (χ3v) is 9.98. The molecule has 2 aliphatic heterocycles. The summed E-state index contributed by atoms with van der Waals surface area (Å²) >= 11 is 0. The van der Waals surface area contributed by atoms with E-state index in [0.29, 0.717) is 0 Å². The van der Waals surface area contributed by atoms with Crippen LogP contribution in [-0.2, 0) is 0 Å². The van der Waals surface area contributed by atoms with Gasteiger partial charge in [-0.1, -0.05) is 51.4 Å². The fourth-order valence-corrected chi connectivity index (χ4v) is 8.36. The molecule has 4 unspecified atom stereocenters. The number of nitrogens with zero attached hydrogens (tertiary/aromatic N) is 2. The minimum absolute atomic E-state index is 1.08. The molecule has 4 atom stereocenters. The van der Waals surface area contributed by atoms with Gasteiger partial charge < -0.3 is 8.97 Å². The van der Waals surface area contributed by atoms with Crippen molar-refractivity contribution in [3.8, 4) is 0 Å². The second-order valence-corrected chi connectivity index (χ2v) is 12.9. The van der Waals surface area contributed by atoms with Gasteiger partial charge in [-0.3, -0.25) is 0 Å². The van der Waals surface area contributed by atoms with Crippen LogP contribution in [0.4, 0.5) is 0 Å². The van der Waals surface area contributed by atoms with Crippen LogP contribution in [0.1, 0.15) is 103 Å². The van der Waals surface area contributed by atoms with Crippen LogP contribution in [0.3, 0.4) is 0 Å². The van der Waals surface area contributed by atoms with Crippen molar-refractivity contribution >= 4 is 0 Å². The topological polar surface area (TPSA) is 0 Å². The van der Waals surface area contributed by atoms with Gasteiger partial charge in [-0.15, -0.1) is 0 Å². The van der Waals surface area contributed by atoms with Crippen LogP contribution in [0, 0.1) is 23.7 Å². The van der Waals surface area contributed by atoms with E-state index in [-0.39, 0.29) is 0 Å². The number of hydrogen-bond donors (Lipinski definition) is 0. The Balaban J connectivity index is 0.982. The Morgan fingerprint density at radius 3 is 1.00 bits per heavy atom. The van der Waals surface area contributed by atoms with E-state index in [1.54, 1.807) is 0 Å². The highest BCUT2D eigenvalue weighted by Crippen LogP contribution is 2.40. The molecule has 4 fully saturated rings. The average Bonchev–Trinajstić information content (AvgIpc) is 3.25. The van der Waals surface area contributed by atoms with Crippen LogP contribution in [0.25, 0.3) is 0 Å². The zero-order valence-corrected chi connectivity index (χ0v) is 20.8. The summed E-state index contributed by atoms with van der Waals surface area (Å²) in [5, 5.41) is 0. The van der Waals surface area contributed by atoms with Crippen LogP contribution in [-0.4, -0.2) is 62.3 Å². The molecule has 0 amide bonds. The second-order valence-electron chi connectivity index (χ2n) is 12.9. The summed E-state index contributed by atoms with van der Waals surface area (Å²) in [4.78, 5) is 0. The lowest BCUT2D eigenvalue weighted by Gasteiger charge is -2.30. The third kappa shape index (κ3) is 6.25. The predicted octanol–water partition coefficient (Wildman–Crippen LogP) is 6.64. The van der Waals surface area contributed by atoms with Crippen LogP contribution in [0.5, 0.6) is 0 Å². The molecule has 0 aromatic heterocycles. The largest absolute Gasteiger partial charge is 0.326 e. The lowest BCUT2D eigenvalue weighted by Crippen LogP contribution is -2.42. The van der Waals surface area contributed by atoms with Gasteiger partial charge in [-0.2, -0.15) is 0 Å². The first-order chi connectivity index (χ1) is 14.6. The molecule has 2 nitrogen and oxygen atoms in total. The molecular weight excluding hydrogens is 364 g/mol. The minimum Gasteiger partial charge on any atom is -0.326 e. The van der Waals surface area contributed by atoms with E-state index in [0.717, 1.165) is 23.7 Å². The zero-order chi connectivity index (χ0) is 20.9. The van der Waals surface area contributed by atoms with Gasteiger partial charge in [0.15, 0.2) is 0 Å². The number of hydrogen-bond acceptors (Lipinski definition) is 0. The molecule has 174 valence electrons. The Hall–Kier alpha value is -0.0800. The number of rotatable bonds is 11. The van der Waals surface area contributed by atoms with Gasteiger partial charge >= 0.3 is 0 Å². The highest BCUT2D eigenvalue weighted by molar-refractivity contribution is 4.81. The maximum atomic E-state index is 2.57. The van der Waals surface area contributed by atoms with Crippen LogP contribution < -0.4 is 0 Å². The monoisotopic (exact) mass is 418 g/mol. The molecule has 2 saturated carbocycles. The highest BCUT2D eigenvalue weighted by Gasteiger charge is 2.43. The molecule has 0 radical (unpaired) electrons. The minimum atomic E-state index is 1.08. The zero-order valence-electron chi connectivity index (χ0n) is 20.8. The molecule has 4 rings (SSSR count). The molecule has 30 heavy (non-hydrogen) atoms. The van der Waals surface area contributed by atoms with E-state index >= 15 is 0 Å². The molecule has 2 aliphatic carbocycles. The van der Waals surface area contributed by atoms with E-state index < -0.39 is 0 Å². The number of fused-ring (bicyclic) bond motifs is 2. The van der Waals surface area contributed by atoms with E-state index in [1.807, 2.05) is 0 Å². The summed E-state index contributed by atoms with van der Waals surface area (Å²) in [6.07, 6.45) is 24.1. The molecule has 0 aromatic rings. The Bertz CT molecular complexity index is 441. The first kappa shape index (κ1) is 23.1. The smallest absolute Gasteiger partial charge is 0.0818 e. The van der Waals surface area contributed by atoms with Crippen LogP contribution >= 0.6 is 0 Å². The first-order valence-corrected chi connectivity index (χ1v) is 14.2. The maximum absolute atomic E-state index is 2.57. The summed E-state index contributed by atoms with van der Waals surface area (Å²) in [6, 6.07) is 0. The van der Waals surface area contributed by atoms with E-state index in [4.69, 9.17) is 0 Å². The van der Waals surface area contributed by atoms with Crippen molar-refractivity contribution < 1.29 is 8.97 Å². The molecule has 0 N–H and O–H groups in total. The van der Waals surface area contributed by atoms with E-state index in [9.17, 15) is 0 Å². The number of likely N-dealkylation sites (tertiary alicyclic amines) is 2. The predicted molar refractivity (Wildman–Crippen MR) is 129 cm³/mol. The lowest BCUT2D eigenvalue weighted by molar-refractivity contribution is -0.900. The summed E-state index contributed by atoms with van der Waals surface area (Å²) < 4.78 is 2.82. The van der Waals surface area contributed by atoms with E-state index in [2.05, 4.69) is 14.1 Å². The van der Waals surface area contributed by atoms with Crippen molar-refractivity contribution in [2.75, 3.05) is 53.4 Å². The van der Waals surface area contributed by atoms with Gasteiger partial charge in [0.2, 0.25) is 0 Å². The van der Waals surface area contributed by atoms with Crippen molar-refractivity contribution in [3.63, 3.8) is 0 Å². The standard InChI is InChI=1S/C28H54N2/c1-29(21-25-15-9-10-16-26(25)22-29)19-13-7-5-3-4-6-8-14-20-30(2)23-27-17-11-12-18-28(27)24-30/h25-28H,3-24H2,1-2H3/q+2. The summed E-state index contributed by atoms with van der Waals surface area (Å²) in [7, 11) is 5.13. The van der Waals surface area contributed by atoms with Gasteiger partial charge in [-0.25, -0.2) is 0 Å². The first-order valence-electron chi connectivity index (χ1n) is 14.2. The fraction of sp³-hybridized carbons (Fsp3) is 1.00. The summed E-state index contributed by atoms with van der Waals surface area (Å²) in [5.41, 5.74) is 0. The van der Waals surface area contributed by atoms with Gasteiger partial charge in [0.25, 0.3) is 0 Å². The Labute approximate surface area is 189 Å². The molecule has 0 bridgehead atoms. The van der Waals surface area contributed by atoms with Gasteiger partial charge in [-0.05, 0) is 51.4 Å². The highest BCUT2D eigenvalue weighted by atomic mass is 15.4. The molecular formula is C28H54N2+2. The van der Waals surface area contributed by atoms with Gasteiger partial charge in [0.05, 0.1) is 53.4 Å². The van der Waals surface area contributed by atoms with Crippen molar-refractivity contribution in [2.45, 2.75) is 103 Å².